The molecule has 25 heavy (non-hydrogen) atoms. The second-order valence-electron chi connectivity index (χ2n) is 5.42. The molecule has 0 aromatic heterocycles. The first-order valence-electron chi connectivity index (χ1n) is 7.94. The maximum Gasteiger partial charge on any atom is 0.329 e. The van der Waals surface area contributed by atoms with Crippen molar-refractivity contribution in [3.05, 3.63) is 59.2 Å². The van der Waals surface area contributed by atoms with Gasteiger partial charge in [-0.2, -0.15) is 5.10 Å². The van der Waals surface area contributed by atoms with E-state index in [1.54, 1.807) is 24.3 Å². The van der Waals surface area contributed by atoms with E-state index in [9.17, 15) is 9.59 Å². The second kappa shape index (κ2) is 8.63. The molecule has 0 bridgehead atoms. The summed E-state index contributed by atoms with van der Waals surface area (Å²) >= 11 is 0. The number of carbonyl (C=O) groups is 2. The summed E-state index contributed by atoms with van der Waals surface area (Å²) in [7, 11) is 0. The third-order valence-corrected chi connectivity index (χ3v) is 3.50. The summed E-state index contributed by atoms with van der Waals surface area (Å²) in [6.45, 7) is 6.24. The van der Waals surface area contributed by atoms with Gasteiger partial charge in [-0.25, -0.2) is 5.43 Å². The summed E-state index contributed by atoms with van der Waals surface area (Å²) in [4.78, 5) is 23.8. The Balaban J connectivity index is 1.91. The zero-order chi connectivity index (χ0) is 18.2. The molecular weight excluding hydrogens is 318 g/mol. The molecule has 0 heterocycles. The molecule has 0 saturated heterocycles. The highest BCUT2D eigenvalue weighted by Gasteiger charge is 2.14. The number of nitrogens with one attached hydrogen (secondary N) is 2. The molecule has 6 nitrogen and oxygen atoms in total. The van der Waals surface area contributed by atoms with Crippen molar-refractivity contribution in [3.63, 3.8) is 0 Å². The maximum absolute atomic E-state index is 12.0. The SMILES string of the molecule is CCOc1ccc(/C=N/NC(=O)C(=O)Nc2c(C)cccc2C)cc1. The van der Waals surface area contributed by atoms with E-state index in [1.807, 2.05) is 39.0 Å². The Labute approximate surface area is 146 Å². The molecule has 2 aromatic rings. The summed E-state index contributed by atoms with van der Waals surface area (Å²) in [5.41, 5.74) is 5.41. The van der Waals surface area contributed by atoms with Crippen LogP contribution in [0.5, 0.6) is 5.75 Å². The molecule has 0 spiro atoms. The summed E-state index contributed by atoms with van der Waals surface area (Å²) in [6.07, 6.45) is 1.46. The predicted octanol–water partition coefficient (Wildman–Crippen LogP) is 2.79. The van der Waals surface area contributed by atoms with Gasteiger partial charge in [-0.1, -0.05) is 18.2 Å². The van der Waals surface area contributed by atoms with Crippen molar-refractivity contribution in [2.24, 2.45) is 5.10 Å². The number of carbonyl (C=O) groups excluding carboxylic acids is 2. The zero-order valence-electron chi connectivity index (χ0n) is 14.5. The van der Waals surface area contributed by atoms with Gasteiger partial charge in [0.05, 0.1) is 12.8 Å². The number of anilines is 1. The number of amides is 2. The molecular formula is C19H21N3O3. The number of para-hydroxylation sites is 1. The lowest BCUT2D eigenvalue weighted by Crippen LogP contribution is -2.32. The summed E-state index contributed by atoms with van der Waals surface area (Å²) in [6, 6.07) is 12.8. The first-order valence-corrected chi connectivity index (χ1v) is 7.94. The zero-order valence-corrected chi connectivity index (χ0v) is 14.5. The predicted molar refractivity (Wildman–Crippen MR) is 97.9 cm³/mol. The minimum Gasteiger partial charge on any atom is -0.494 e. The van der Waals surface area contributed by atoms with E-state index in [0.717, 1.165) is 22.4 Å². The minimum absolute atomic E-state index is 0.596. The van der Waals surface area contributed by atoms with E-state index in [0.29, 0.717) is 12.3 Å². The Bertz CT molecular complexity index is 763. The number of hydrogen-bond donors (Lipinski definition) is 2. The molecule has 2 aromatic carbocycles. The van der Waals surface area contributed by atoms with E-state index in [4.69, 9.17) is 4.74 Å². The molecule has 0 aliphatic heterocycles. The average Bonchev–Trinajstić information content (AvgIpc) is 2.60. The average molecular weight is 339 g/mol. The molecule has 0 aliphatic carbocycles. The second-order valence-corrected chi connectivity index (χ2v) is 5.42. The van der Waals surface area contributed by atoms with Crippen molar-refractivity contribution < 1.29 is 14.3 Å². The van der Waals surface area contributed by atoms with Gasteiger partial charge >= 0.3 is 11.8 Å². The molecule has 2 amide bonds. The van der Waals surface area contributed by atoms with Crippen molar-refractivity contribution in [1.82, 2.24) is 5.43 Å². The highest BCUT2D eigenvalue weighted by atomic mass is 16.5. The maximum atomic E-state index is 12.0. The summed E-state index contributed by atoms with van der Waals surface area (Å²) in [5, 5.41) is 6.41. The third-order valence-electron chi connectivity index (χ3n) is 3.50. The van der Waals surface area contributed by atoms with E-state index < -0.39 is 11.8 Å². The number of hydrogen-bond acceptors (Lipinski definition) is 4. The van der Waals surface area contributed by atoms with Crippen molar-refractivity contribution >= 4 is 23.7 Å². The molecule has 130 valence electrons. The smallest absolute Gasteiger partial charge is 0.329 e. The van der Waals surface area contributed by atoms with E-state index in [2.05, 4.69) is 15.8 Å². The highest BCUT2D eigenvalue weighted by Crippen LogP contribution is 2.19. The van der Waals surface area contributed by atoms with E-state index in [1.165, 1.54) is 6.21 Å². The van der Waals surface area contributed by atoms with Gasteiger partial charge in [0.2, 0.25) is 0 Å². The Morgan fingerprint density at radius 3 is 2.28 bits per heavy atom. The van der Waals surface area contributed by atoms with E-state index in [-0.39, 0.29) is 0 Å². The van der Waals surface area contributed by atoms with E-state index >= 15 is 0 Å². The van der Waals surface area contributed by atoms with Crippen LogP contribution in [0, 0.1) is 13.8 Å². The molecule has 6 heteroatoms. The normalized spacial score (nSPS) is 10.5. The lowest BCUT2D eigenvalue weighted by Gasteiger charge is -2.10. The third kappa shape index (κ3) is 5.17. The van der Waals surface area contributed by atoms with Gasteiger partial charge in [0, 0.05) is 5.69 Å². The number of hydrazone groups is 1. The first kappa shape index (κ1) is 18.2. The van der Waals surface area contributed by atoms with Gasteiger partial charge in [-0.3, -0.25) is 9.59 Å². The first-order chi connectivity index (χ1) is 12.0. The van der Waals surface area contributed by atoms with Gasteiger partial charge in [0.25, 0.3) is 0 Å². The number of aryl methyl sites for hydroxylation is 2. The number of nitrogens with zero attached hydrogens (tertiary/aromatic N) is 1. The number of rotatable bonds is 5. The van der Waals surface area contributed by atoms with Crippen LogP contribution in [-0.2, 0) is 9.59 Å². The number of benzene rings is 2. The quantitative estimate of drug-likeness (QED) is 0.499. The summed E-state index contributed by atoms with van der Waals surface area (Å²) in [5.74, 6) is -0.831. The summed E-state index contributed by atoms with van der Waals surface area (Å²) < 4.78 is 5.34. The molecule has 0 fully saturated rings. The van der Waals surface area contributed by atoms with Crippen LogP contribution in [0.3, 0.4) is 0 Å². The van der Waals surface area contributed by atoms with Crippen LogP contribution in [0.25, 0.3) is 0 Å². The van der Waals surface area contributed by atoms with Gasteiger partial charge in [0.15, 0.2) is 0 Å². The lowest BCUT2D eigenvalue weighted by atomic mass is 10.1. The van der Waals surface area contributed by atoms with Crippen molar-refractivity contribution in [1.29, 1.82) is 0 Å². The molecule has 0 unspecified atom stereocenters. The van der Waals surface area contributed by atoms with Gasteiger partial charge in [0.1, 0.15) is 5.75 Å². The standard InChI is InChI=1S/C19H21N3O3/c1-4-25-16-10-8-15(9-11-16)12-20-22-19(24)18(23)21-17-13(2)6-5-7-14(17)3/h5-12H,4H2,1-3H3,(H,21,23)(H,22,24)/b20-12+. The van der Waals surface area contributed by atoms with Crippen molar-refractivity contribution in [3.8, 4) is 5.75 Å². The van der Waals surface area contributed by atoms with Crippen LogP contribution in [0.1, 0.15) is 23.6 Å². The van der Waals surface area contributed by atoms with Gasteiger partial charge in [-0.15, -0.1) is 0 Å². The van der Waals surface area contributed by atoms with Gasteiger partial charge < -0.3 is 10.1 Å². The van der Waals surface area contributed by atoms with Crippen LogP contribution >= 0.6 is 0 Å². The molecule has 0 saturated carbocycles. The fourth-order valence-corrected chi connectivity index (χ4v) is 2.21. The van der Waals surface area contributed by atoms with Crippen LogP contribution in [0.15, 0.2) is 47.6 Å². The van der Waals surface area contributed by atoms with Crippen LogP contribution < -0.4 is 15.5 Å². The van der Waals surface area contributed by atoms with Crippen LogP contribution in [0.4, 0.5) is 5.69 Å². The Morgan fingerprint density at radius 1 is 1.04 bits per heavy atom. The van der Waals surface area contributed by atoms with Crippen LogP contribution in [0.2, 0.25) is 0 Å². The topological polar surface area (TPSA) is 79.8 Å². The fraction of sp³-hybridized carbons (Fsp3) is 0.211. The largest absolute Gasteiger partial charge is 0.494 e. The number of ether oxygens (including phenoxy) is 1. The minimum atomic E-state index is -0.829. The highest BCUT2D eigenvalue weighted by molar-refractivity contribution is 6.39. The monoisotopic (exact) mass is 339 g/mol. The van der Waals surface area contributed by atoms with Crippen molar-refractivity contribution in [2.75, 3.05) is 11.9 Å². The Kier molecular flexibility index (Phi) is 6.28. The lowest BCUT2D eigenvalue weighted by molar-refractivity contribution is -0.136. The molecule has 2 rings (SSSR count). The molecule has 0 aliphatic rings. The Morgan fingerprint density at radius 2 is 1.68 bits per heavy atom. The molecule has 2 N–H and O–H groups in total. The van der Waals surface area contributed by atoms with Gasteiger partial charge in [-0.05, 0) is 61.7 Å². The van der Waals surface area contributed by atoms with Crippen LogP contribution in [-0.4, -0.2) is 24.6 Å². The van der Waals surface area contributed by atoms with Crippen molar-refractivity contribution in [2.45, 2.75) is 20.8 Å². The Hall–Kier alpha value is -3.15. The fourth-order valence-electron chi connectivity index (χ4n) is 2.21. The molecule has 0 atom stereocenters. The molecule has 0 radical (unpaired) electrons.